The van der Waals surface area contributed by atoms with Crippen molar-refractivity contribution in [3.05, 3.63) is 54.1 Å². The minimum atomic E-state index is -0.169. The second-order valence-corrected chi connectivity index (χ2v) is 6.69. The fourth-order valence-electron chi connectivity index (χ4n) is 3.04. The monoisotopic (exact) mass is 354 g/mol. The minimum absolute atomic E-state index is 0.0259. The van der Waals surface area contributed by atoms with Gasteiger partial charge in [-0.1, -0.05) is 25.1 Å². The van der Waals surface area contributed by atoms with Crippen LogP contribution in [0.25, 0.3) is 0 Å². The summed E-state index contributed by atoms with van der Waals surface area (Å²) in [6.07, 6.45) is 0.723. The number of fused-ring (bicyclic) bond motifs is 1. The fourth-order valence-corrected chi connectivity index (χ4v) is 3.04. The van der Waals surface area contributed by atoms with Gasteiger partial charge >= 0.3 is 0 Å². The topological polar surface area (TPSA) is 42.0 Å². The van der Waals surface area contributed by atoms with E-state index in [0.29, 0.717) is 25.3 Å². The van der Waals surface area contributed by atoms with Crippen molar-refractivity contribution in [2.45, 2.75) is 19.4 Å². The Balaban J connectivity index is 1.73. The second-order valence-electron chi connectivity index (χ2n) is 6.69. The number of amides is 1. The molecule has 138 valence electrons. The maximum atomic E-state index is 13.0. The molecular weight excluding hydrogens is 328 g/mol. The number of para-hydroxylation sites is 2. The summed E-state index contributed by atoms with van der Waals surface area (Å²) in [5.74, 6) is 1.52. The summed E-state index contributed by atoms with van der Waals surface area (Å²) < 4.78 is 11.8. The third-order valence-corrected chi connectivity index (χ3v) is 4.38. The first-order valence-corrected chi connectivity index (χ1v) is 9.03. The van der Waals surface area contributed by atoms with Gasteiger partial charge in [0, 0.05) is 31.9 Å². The lowest BCUT2D eigenvalue weighted by molar-refractivity contribution is 0.0462. The first-order chi connectivity index (χ1) is 12.6. The molecule has 5 heteroatoms. The quantitative estimate of drug-likeness (QED) is 0.797. The number of rotatable bonds is 6. The molecule has 1 amide bonds. The van der Waals surface area contributed by atoms with Crippen LogP contribution in [0.2, 0.25) is 0 Å². The third kappa shape index (κ3) is 4.10. The number of hydrogen-bond acceptors (Lipinski definition) is 4. The van der Waals surface area contributed by atoms with Crippen LogP contribution in [-0.4, -0.2) is 50.7 Å². The lowest BCUT2D eigenvalue weighted by Gasteiger charge is -2.31. The van der Waals surface area contributed by atoms with Gasteiger partial charge in [-0.3, -0.25) is 4.79 Å². The zero-order valence-electron chi connectivity index (χ0n) is 15.6. The van der Waals surface area contributed by atoms with Crippen LogP contribution in [0.1, 0.15) is 23.7 Å². The Kier molecular flexibility index (Phi) is 5.66. The van der Waals surface area contributed by atoms with Crippen molar-refractivity contribution in [1.82, 2.24) is 4.90 Å². The van der Waals surface area contributed by atoms with E-state index in [0.717, 1.165) is 23.6 Å². The number of nitrogens with zero attached hydrogens (tertiary/aromatic N) is 2. The van der Waals surface area contributed by atoms with Crippen LogP contribution in [0.4, 0.5) is 5.69 Å². The highest BCUT2D eigenvalue weighted by Gasteiger charge is 2.25. The van der Waals surface area contributed by atoms with Gasteiger partial charge in [0.2, 0.25) is 0 Å². The van der Waals surface area contributed by atoms with Crippen molar-refractivity contribution < 1.29 is 14.3 Å². The maximum Gasteiger partial charge on any atom is 0.254 e. The Labute approximate surface area is 155 Å². The van der Waals surface area contributed by atoms with Crippen molar-refractivity contribution in [3.8, 4) is 11.5 Å². The zero-order chi connectivity index (χ0) is 18.5. The highest BCUT2D eigenvalue weighted by atomic mass is 16.6. The Bertz CT molecular complexity index is 760. The van der Waals surface area contributed by atoms with E-state index < -0.39 is 0 Å². The van der Waals surface area contributed by atoms with Gasteiger partial charge in [0.25, 0.3) is 5.91 Å². The van der Waals surface area contributed by atoms with E-state index in [9.17, 15) is 4.79 Å². The van der Waals surface area contributed by atoms with Crippen LogP contribution in [0, 0.1) is 0 Å². The molecule has 0 fully saturated rings. The zero-order valence-corrected chi connectivity index (χ0v) is 15.6. The van der Waals surface area contributed by atoms with E-state index >= 15 is 0 Å². The molecule has 1 atom stereocenters. The Morgan fingerprint density at radius 2 is 1.88 bits per heavy atom. The number of anilines is 1. The molecular formula is C21H26N2O3. The average molecular weight is 354 g/mol. The van der Waals surface area contributed by atoms with Crippen LogP contribution in [0.5, 0.6) is 11.5 Å². The lowest BCUT2D eigenvalue weighted by atomic mass is 10.1. The minimum Gasteiger partial charge on any atom is -0.486 e. The fraction of sp³-hybridized carbons (Fsp3) is 0.381. The van der Waals surface area contributed by atoms with Gasteiger partial charge in [-0.2, -0.15) is 0 Å². The molecule has 0 bridgehead atoms. The molecule has 26 heavy (non-hydrogen) atoms. The third-order valence-electron chi connectivity index (χ3n) is 4.38. The van der Waals surface area contributed by atoms with E-state index in [2.05, 4.69) is 6.92 Å². The number of carbonyl (C=O) groups excluding carboxylic acids is 1. The van der Waals surface area contributed by atoms with Gasteiger partial charge in [-0.05, 0) is 36.8 Å². The van der Waals surface area contributed by atoms with Crippen LogP contribution >= 0.6 is 0 Å². The van der Waals surface area contributed by atoms with Gasteiger partial charge in [0.05, 0.1) is 6.54 Å². The SMILES string of the molecule is CCCN(C[C@H]1COc2ccccc2O1)C(=O)c1cccc(N(C)C)c1. The molecule has 2 aromatic rings. The first-order valence-electron chi connectivity index (χ1n) is 9.03. The normalized spacial score (nSPS) is 15.4. The van der Waals surface area contributed by atoms with Gasteiger partial charge in [0.1, 0.15) is 6.61 Å². The number of hydrogen-bond donors (Lipinski definition) is 0. The van der Waals surface area contributed by atoms with E-state index in [1.165, 1.54) is 0 Å². The summed E-state index contributed by atoms with van der Waals surface area (Å²) in [4.78, 5) is 16.9. The van der Waals surface area contributed by atoms with Gasteiger partial charge < -0.3 is 19.3 Å². The smallest absolute Gasteiger partial charge is 0.254 e. The molecule has 0 saturated carbocycles. The molecule has 0 unspecified atom stereocenters. The molecule has 0 spiro atoms. The van der Waals surface area contributed by atoms with Gasteiger partial charge in [-0.25, -0.2) is 0 Å². The van der Waals surface area contributed by atoms with Crippen LogP contribution < -0.4 is 14.4 Å². The van der Waals surface area contributed by atoms with E-state index in [-0.39, 0.29) is 12.0 Å². The van der Waals surface area contributed by atoms with Crippen LogP contribution in [-0.2, 0) is 0 Å². The highest BCUT2D eigenvalue weighted by Crippen LogP contribution is 2.31. The van der Waals surface area contributed by atoms with Gasteiger partial charge in [-0.15, -0.1) is 0 Å². The average Bonchev–Trinajstić information content (AvgIpc) is 2.67. The van der Waals surface area contributed by atoms with E-state index in [1.54, 1.807) is 0 Å². The molecule has 5 nitrogen and oxygen atoms in total. The molecule has 1 aliphatic rings. The van der Waals surface area contributed by atoms with Crippen molar-refractivity contribution in [2.75, 3.05) is 38.7 Å². The summed E-state index contributed by atoms with van der Waals surface area (Å²) in [5.41, 5.74) is 1.71. The summed E-state index contributed by atoms with van der Waals surface area (Å²) in [6.45, 7) is 3.71. The Morgan fingerprint density at radius 1 is 1.12 bits per heavy atom. The molecule has 0 radical (unpaired) electrons. The first kappa shape index (κ1) is 18.1. The molecule has 0 aliphatic carbocycles. The second kappa shape index (κ2) is 8.13. The van der Waals surface area contributed by atoms with Crippen molar-refractivity contribution in [2.24, 2.45) is 0 Å². The molecule has 0 saturated heterocycles. The number of benzene rings is 2. The predicted octanol–water partition coefficient (Wildman–Crippen LogP) is 3.44. The molecule has 3 rings (SSSR count). The summed E-state index contributed by atoms with van der Waals surface area (Å²) in [6, 6.07) is 15.4. The number of ether oxygens (including phenoxy) is 2. The highest BCUT2D eigenvalue weighted by molar-refractivity contribution is 5.95. The molecule has 2 aromatic carbocycles. The molecule has 0 N–H and O–H groups in total. The Hall–Kier alpha value is -2.69. The van der Waals surface area contributed by atoms with Crippen molar-refractivity contribution in [3.63, 3.8) is 0 Å². The largest absolute Gasteiger partial charge is 0.486 e. The number of carbonyl (C=O) groups is 1. The maximum absolute atomic E-state index is 13.0. The van der Waals surface area contributed by atoms with Crippen molar-refractivity contribution >= 4 is 11.6 Å². The lowest BCUT2D eigenvalue weighted by Crippen LogP contribution is -2.44. The summed E-state index contributed by atoms with van der Waals surface area (Å²) in [5, 5.41) is 0. The summed E-state index contributed by atoms with van der Waals surface area (Å²) in [7, 11) is 3.94. The summed E-state index contributed by atoms with van der Waals surface area (Å²) >= 11 is 0. The standard InChI is InChI=1S/C21H26N2O3/c1-4-12-23(21(24)16-8-7-9-17(13-16)22(2)3)14-18-15-25-19-10-5-6-11-20(19)26-18/h5-11,13,18H,4,12,14-15H2,1-3H3/t18-/m0/s1. The van der Waals surface area contributed by atoms with Crippen molar-refractivity contribution in [1.29, 1.82) is 0 Å². The van der Waals surface area contributed by atoms with E-state index in [1.807, 2.05) is 72.4 Å². The van der Waals surface area contributed by atoms with Crippen LogP contribution in [0.15, 0.2) is 48.5 Å². The predicted molar refractivity (Wildman–Crippen MR) is 103 cm³/mol. The Morgan fingerprint density at radius 3 is 2.62 bits per heavy atom. The van der Waals surface area contributed by atoms with Gasteiger partial charge in [0.15, 0.2) is 17.6 Å². The molecule has 1 heterocycles. The van der Waals surface area contributed by atoms with E-state index in [4.69, 9.17) is 9.47 Å². The molecule has 1 aliphatic heterocycles. The molecule has 0 aromatic heterocycles. The van der Waals surface area contributed by atoms with Crippen LogP contribution in [0.3, 0.4) is 0 Å².